The van der Waals surface area contributed by atoms with E-state index in [9.17, 15) is 9.90 Å². The molecule has 0 saturated carbocycles. The summed E-state index contributed by atoms with van der Waals surface area (Å²) in [4.78, 5) is 10.6. The van der Waals surface area contributed by atoms with Crippen LogP contribution in [0.15, 0.2) is 0 Å². The fourth-order valence-corrected chi connectivity index (χ4v) is 1.80. The Morgan fingerprint density at radius 1 is 1.71 bits per heavy atom. The smallest absolute Gasteiger partial charge is 0.247 e. The van der Waals surface area contributed by atoms with Gasteiger partial charge in [-0.3, -0.25) is 9.48 Å². The Morgan fingerprint density at radius 3 is 2.82 bits per heavy atom. The van der Waals surface area contributed by atoms with Crippen molar-refractivity contribution in [3.05, 3.63) is 16.4 Å². The number of rotatable bonds is 6. The molecule has 1 rings (SSSR count). The molecule has 0 aromatic carbocycles. The third-order valence-electron chi connectivity index (χ3n) is 2.46. The van der Waals surface area contributed by atoms with Crippen LogP contribution < -0.4 is 11.1 Å². The van der Waals surface area contributed by atoms with Crippen LogP contribution in [0.3, 0.4) is 0 Å². The fraction of sp³-hybridized carbons (Fsp3) is 0.600. The van der Waals surface area contributed by atoms with Crippen molar-refractivity contribution in [2.75, 3.05) is 6.54 Å². The summed E-state index contributed by atoms with van der Waals surface area (Å²) in [6.45, 7) is 2.49. The molecule has 0 radical (unpaired) electrons. The zero-order valence-corrected chi connectivity index (χ0v) is 10.7. The Balaban J connectivity index is 2.58. The second-order valence-electron chi connectivity index (χ2n) is 3.73. The van der Waals surface area contributed by atoms with Crippen LogP contribution in [0.25, 0.3) is 0 Å². The van der Waals surface area contributed by atoms with Crippen LogP contribution >= 0.6 is 11.6 Å². The summed E-state index contributed by atoms with van der Waals surface area (Å²) in [6.07, 6.45) is -0.427. The summed E-state index contributed by atoms with van der Waals surface area (Å²) in [5, 5.41) is 17.0. The molecule has 1 atom stereocenters. The maximum atomic E-state index is 10.6. The van der Waals surface area contributed by atoms with Crippen LogP contribution in [0.5, 0.6) is 0 Å². The first-order valence-corrected chi connectivity index (χ1v) is 5.73. The van der Waals surface area contributed by atoms with Crippen molar-refractivity contribution in [3.8, 4) is 0 Å². The molecule has 0 bridgehead atoms. The van der Waals surface area contributed by atoms with E-state index in [-0.39, 0.29) is 6.54 Å². The monoisotopic (exact) mass is 260 g/mol. The molecule has 17 heavy (non-hydrogen) atoms. The highest BCUT2D eigenvalue weighted by atomic mass is 35.5. The third kappa shape index (κ3) is 3.42. The molecule has 7 heteroatoms. The average molecular weight is 261 g/mol. The standard InChI is InChI=1S/C10H17ClN4O2/c1-3-6-9(11)7(15(2)14-6)4-13-5-8(16)10(12)17/h8,13,16H,3-5H2,1-2H3,(H2,12,17). The molecule has 0 saturated heterocycles. The van der Waals surface area contributed by atoms with Gasteiger partial charge in [-0.05, 0) is 6.42 Å². The molecular formula is C10H17ClN4O2. The van der Waals surface area contributed by atoms with E-state index >= 15 is 0 Å². The lowest BCUT2D eigenvalue weighted by atomic mass is 10.3. The predicted molar refractivity (Wildman–Crippen MR) is 64.5 cm³/mol. The summed E-state index contributed by atoms with van der Waals surface area (Å²) in [7, 11) is 1.80. The van der Waals surface area contributed by atoms with Gasteiger partial charge in [0.2, 0.25) is 5.91 Å². The van der Waals surface area contributed by atoms with Crippen LogP contribution in [0.4, 0.5) is 0 Å². The number of carbonyl (C=O) groups is 1. The molecular weight excluding hydrogens is 244 g/mol. The van der Waals surface area contributed by atoms with Gasteiger partial charge in [0, 0.05) is 20.1 Å². The van der Waals surface area contributed by atoms with Crippen molar-refractivity contribution >= 4 is 17.5 Å². The summed E-state index contributed by atoms with van der Waals surface area (Å²) < 4.78 is 1.69. The Hall–Kier alpha value is -1.11. The highest BCUT2D eigenvalue weighted by Crippen LogP contribution is 2.20. The SMILES string of the molecule is CCc1nn(C)c(CNCC(O)C(N)=O)c1Cl. The quantitative estimate of drug-likeness (QED) is 0.647. The molecule has 4 N–H and O–H groups in total. The Kier molecular flexibility index (Phi) is 4.92. The molecule has 1 aromatic heterocycles. The normalized spacial score (nSPS) is 12.7. The molecule has 1 aromatic rings. The average Bonchev–Trinajstić information content (AvgIpc) is 2.55. The van der Waals surface area contributed by atoms with E-state index in [2.05, 4.69) is 10.4 Å². The minimum Gasteiger partial charge on any atom is -0.382 e. The van der Waals surface area contributed by atoms with Crippen LogP contribution in [-0.2, 0) is 24.8 Å². The van der Waals surface area contributed by atoms with E-state index in [0.717, 1.165) is 17.8 Å². The van der Waals surface area contributed by atoms with E-state index in [4.69, 9.17) is 17.3 Å². The van der Waals surface area contributed by atoms with Crippen molar-refractivity contribution in [1.29, 1.82) is 0 Å². The number of nitrogens with one attached hydrogen (secondary N) is 1. The van der Waals surface area contributed by atoms with Crippen molar-refractivity contribution in [2.24, 2.45) is 12.8 Å². The third-order valence-corrected chi connectivity index (χ3v) is 2.90. The van der Waals surface area contributed by atoms with Gasteiger partial charge in [-0.25, -0.2) is 0 Å². The lowest BCUT2D eigenvalue weighted by Gasteiger charge is -2.08. The number of hydrogen-bond acceptors (Lipinski definition) is 4. The second kappa shape index (κ2) is 6.00. The van der Waals surface area contributed by atoms with Crippen molar-refractivity contribution in [2.45, 2.75) is 26.0 Å². The Bertz CT molecular complexity index is 405. The van der Waals surface area contributed by atoms with Crippen LogP contribution in [0.1, 0.15) is 18.3 Å². The van der Waals surface area contributed by atoms with Gasteiger partial charge < -0.3 is 16.2 Å². The number of nitrogens with zero attached hydrogens (tertiary/aromatic N) is 2. The van der Waals surface area contributed by atoms with E-state index < -0.39 is 12.0 Å². The lowest BCUT2D eigenvalue weighted by Crippen LogP contribution is -2.37. The Labute approximate surface area is 105 Å². The van der Waals surface area contributed by atoms with E-state index in [1.54, 1.807) is 11.7 Å². The molecule has 0 aliphatic heterocycles. The minimum absolute atomic E-state index is 0.0955. The lowest BCUT2D eigenvalue weighted by molar-refractivity contribution is -0.125. The molecule has 0 fully saturated rings. The van der Waals surface area contributed by atoms with Gasteiger partial charge in [-0.15, -0.1) is 0 Å². The molecule has 0 aliphatic carbocycles. The van der Waals surface area contributed by atoms with E-state index in [0.29, 0.717) is 11.6 Å². The number of halogens is 1. The van der Waals surface area contributed by atoms with Gasteiger partial charge in [0.05, 0.1) is 16.4 Å². The summed E-state index contributed by atoms with van der Waals surface area (Å²) in [5.41, 5.74) is 6.58. The maximum Gasteiger partial charge on any atom is 0.247 e. The molecule has 96 valence electrons. The first kappa shape index (κ1) is 14.0. The van der Waals surface area contributed by atoms with Gasteiger partial charge >= 0.3 is 0 Å². The number of aryl methyl sites for hydroxylation is 2. The van der Waals surface area contributed by atoms with E-state index in [1.165, 1.54) is 0 Å². The number of primary amides is 1. The summed E-state index contributed by atoms with van der Waals surface area (Å²) >= 11 is 6.13. The van der Waals surface area contributed by atoms with Crippen LogP contribution in [0, 0.1) is 0 Å². The van der Waals surface area contributed by atoms with Gasteiger partial charge in [-0.1, -0.05) is 18.5 Å². The number of amides is 1. The number of carbonyl (C=O) groups excluding carboxylic acids is 1. The van der Waals surface area contributed by atoms with Gasteiger partial charge in [0.1, 0.15) is 6.10 Å². The molecule has 1 unspecified atom stereocenters. The van der Waals surface area contributed by atoms with Crippen molar-refractivity contribution in [1.82, 2.24) is 15.1 Å². The first-order chi connectivity index (χ1) is 7.97. The zero-order chi connectivity index (χ0) is 13.0. The fourth-order valence-electron chi connectivity index (χ4n) is 1.44. The number of nitrogens with two attached hydrogens (primary N) is 1. The number of hydrogen-bond donors (Lipinski definition) is 3. The topological polar surface area (TPSA) is 93.2 Å². The molecule has 1 heterocycles. The van der Waals surface area contributed by atoms with Crippen molar-refractivity contribution < 1.29 is 9.90 Å². The summed E-state index contributed by atoms with van der Waals surface area (Å²) in [5.74, 6) is -0.747. The van der Waals surface area contributed by atoms with E-state index in [1.807, 2.05) is 6.92 Å². The molecule has 0 spiro atoms. The zero-order valence-electron chi connectivity index (χ0n) is 9.90. The number of aliphatic hydroxyl groups excluding tert-OH is 1. The number of aromatic nitrogens is 2. The molecule has 6 nitrogen and oxygen atoms in total. The molecule has 0 aliphatic rings. The summed E-state index contributed by atoms with van der Waals surface area (Å²) in [6, 6.07) is 0. The van der Waals surface area contributed by atoms with Crippen LogP contribution in [0.2, 0.25) is 5.02 Å². The Morgan fingerprint density at radius 2 is 2.35 bits per heavy atom. The number of aliphatic hydroxyl groups is 1. The highest BCUT2D eigenvalue weighted by molar-refractivity contribution is 6.31. The first-order valence-electron chi connectivity index (χ1n) is 5.35. The predicted octanol–water partition coefficient (Wildman–Crippen LogP) is -0.428. The highest BCUT2D eigenvalue weighted by Gasteiger charge is 2.14. The second-order valence-corrected chi connectivity index (χ2v) is 4.11. The largest absolute Gasteiger partial charge is 0.382 e. The van der Waals surface area contributed by atoms with Crippen molar-refractivity contribution in [3.63, 3.8) is 0 Å². The van der Waals surface area contributed by atoms with Gasteiger partial charge in [-0.2, -0.15) is 5.10 Å². The maximum absolute atomic E-state index is 10.6. The van der Waals surface area contributed by atoms with Gasteiger partial charge in [0.15, 0.2) is 0 Å². The van der Waals surface area contributed by atoms with Crippen LogP contribution in [-0.4, -0.2) is 33.4 Å². The minimum atomic E-state index is -1.19. The molecule has 1 amide bonds. The van der Waals surface area contributed by atoms with Gasteiger partial charge in [0.25, 0.3) is 0 Å².